The molecular formula is C17H23NO3. The van der Waals surface area contributed by atoms with Crippen molar-refractivity contribution in [1.29, 1.82) is 0 Å². The van der Waals surface area contributed by atoms with Crippen molar-refractivity contribution in [1.82, 2.24) is 4.90 Å². The monoisotopic (exact) mass is 289 g/mol. The van der Waals surface area contributed by atoms with Crippen LogP contribution in [0, 0.1) is 0 Å². The number of nitrogens with zero attached hydrogens (tertiary/aromatic N) is 1. The summed E-state index contributed by atoms with van der Waals surface area (Å²) in [4.78, 5) is 25.3. The zero-order valence-corrected chi connectivity index (χ0v) is 12.5. The van der Waals surface area contributed by atoms with Crippen molar-refractivity contribution < 1.29 is 14.7 Å². The minimum Gasteiger partial charge on any atom is -0.478 e. The van der Waals surface area contributed by atoms with Gasteiger partial charge in [0.2, 0.25) is 5.91 Å². The second kappa shape index (κ2) is 7.25. The zero-order valence-electron chi connectivity index (χ0n) is 12.5. The maximum absolute atomic E-state index is 12.5. The van der Waals surface area contributed by atoms with E-state index in [0.29, 0.717) is 12.5 Å². The highest BCUT2D eigenvalue weighted by Crippen LogP contribution is 2.22. The van der Waals surface area contributed by atoms with Crippen LogP contribution in [-0.4, -0.2) is 34.5 Å². The van der Waals surface area contributed by atoms with E-state index in [9.17, 15) is 9.59 Å². The largest absolute Gasteiger partial charge is 0.478 e. The van der Waals surface area contributed by atoms with Gasteiger partial charge >= 0.3 is 5.97 Å². The van der Waals surface area contributed by atoms with Crippen molar-refractivity contribution in [2.75, 3.05) is 6.54 Å². The quantitative estimate of drug-likeness (QED) is 0.906. The summed E-state index contributed by atoms with van der Waals surface area (Å²) in [7, 11) is 0. The SMILES string of the molecule is CCCC1CCCCN1C(=O)Cc1ccc(C(=O)O)cc1. The Hall–Kier alpha value is -1.84. The fraction of sp³-hybridized carbons (Fsp3) is 0.529. The normalized spacial score (nSPS) is 18.5. The first-order valence-corrected chi connectivity index (χ1v) is 7.73. The van der Waals surface area contributed by atoms with Crippen LogP contribution in [0.2, 0.25) is 0 Å². The zero-order chi connectivity index (χ0) is 15.2. The average molecular weight is 289 g/mol. The number of aromatic carboxylic acids is 1. The Kier molecular flexibility index (Phi) is 5.37. The fourth-order valence-electron chi connectivity index (χ4n) is 3.00. The molecule has 0 bridgehead atoms. The van der Waals surface area contributed by atoms with Gasteiger partial charge in [-0.2, -0.15) is 0 Å². The Labute approximate surface area is 125 Å². The van der Waals surface area contributed by atoms with Gasteiger partial charge in [-0.05, 0) is 43.4 Å². The number of piperidine rings is 1. The number of hydrogen-bond acceptors (Lipinski definition) is 2. The molecule has 1 unspecified atom stereocenters. The second-order valence-corrected chi connectivity index (χ2v) is 5.70. The molecule has 114 valence electrons. The predicted molar refractivity (Wildman–Crippen MR) is 81.4 cm³/mol. The predicted octanol–water partition coefficient (Wildman–Crippen LogP) is 3.11. The first-order valence-electron chi connectivity index (χ1n) is 7.73. The van der Waals surface area contributed by atoms with Crippen molar-refractivity contribution in [3.05, 3.63) is 35.4 Å². The van der Waals surface area contributed by atoms with Crippen LogP contribution in [0.1, 0.15) is 54.9 Å². The van der Waals surface area contributed by atoms with Gasteiger partial charge in [-0.15, -0.1) is 0 Å². The molecule has 1 saturated heterocycles. The lowest BCUT2D eigenvalue weighted by atomic mass is 9.97. The molecule has 0 saturated carbocycles. The summed E-state index contributed by atoms with van der Waals surface area (Å²) in [5.74, 6) is -0.775. The van der Waals surface area contributed by atoms with Crippen molar-refractivity contribution in [3.8, 4) is 0 Å². The number of hydrogen-bond donors (Lipinski definition) is 1. The molecule has 1 N–H and O–H groups in total. The van der Waals surface area contributed by atoms with Gasteiger partial charge in [-0.25, -0.2) is 4.79 Å². The molecule has 1 aliphatic rings. The molecule has 1 aromatic carbocycles. The first-order chi connectivity index (χ1) is 10.1. The van der Waals surface area contributed by atoms with Crippen LogP contribution < -0.4 is 0 Å². The highest BCUT2D eigenvalue weighted by Gasteiger charge is 2.25. The number of carboxylic acid groups (broad SMARTS) is 1. The third-order valence-corrected chi connectivity index (χ3v) is 4.13. The number of carbonyl (C=O) groups excluding carboxylic acids is 1. The van der Waals surface area contributed by atoms with Crippen LogP contribution in [0.25, 0.3) is 0 Å². The van der Waals surface area contributed by atoms with E-state index in [1.54, 1.807) is 24.3 Å². The maximum atomic E-state index is 12.5. The number of carboxylic acids is 1. The molecule has 1 heterocycles. The molecule has 21 heavy (non-hydrogen) atoms. The van der Waals surface area contributed by atoms with Gasteiger partial charge in [0.25, 0.3) is 0 Å². The first kappa shape index (κ1) is 15.5. The molecule has 1 atom stereocenters. The number of carbonyl (C=O) groups is 2. The Balaban J connectivity index is 2.00. The van der Waals surface area contributed by atoms with Crippen LogP contribution in [-0.2, 0) is 11.2 Å². The van der Waals surface area contributed by atoms with E-state index in [1.807, 2.05) is 4.90 Å². The third kappa shape index (κ3) is 4.06. The molecule has 2 rings (SSSR count). The van der Waals surface area contributed by atoms with E-state index in [1.165, 1.54) is 6.42 Å². The molecule has 1 aromatic rings. The number of rotatable bonds is 5. The minimum atomic E-state index is -0.938. The number of likely N-dealkylation sites (tertiary alicyclic amines) is 1. The number of amides is 1. The van der Waals surface area contributed by atoms with E-state index in [2.05, 4.69) is 6.92 Å². The Bertz CT molecular complexity index is 493. The minimum absolute atomic E-state index is 0.163. The molecule has 4 heteroatoms. The van der Waals surface area contributed by atoms with Gasteiger partial charge in [0.1, 0.15) is 0 Å². The lowest BCUT2D eigenvalue weighted by Crippen LogP contribution is -2.44. The molecule has 0 aliphatic carbocycles. The van der Waals surface area contributed by atoms with E-state index in [-0.39, 0.29) is 11.5 Å². The van der Waals surface area contributed by atoms with Crippen molar-refractivity contribution in [3.63, 3.8) is 0 Å². The standard InChI is InChI=1S/C17H23NO3/c1-2-5-15-6-3-4-11-18(15)16(19)12-13-7-9-14(10-8-13)17(20)21/h7-10,15H,2-6,11-12H2,1H3,(H,20,21). The summed E-state index contributed by atoms with van der Waals surface area (Å²) in [6.45, 7) is 3.01. The molecule has 1 amide bonds. The fourth-order valence-corrected chi connectivity index (χ4v) is 3.00. The van der Waals surface area contributed by atoms with Gasteiger partial charge in [-0.3, -0.25) is 4.79 Å². The van der Waals surface area contributed by atoms with Crippen molar-refractivity contribution in [2.24, 2.45) is 0 Å². The summed E-state index contributed by atoms with van der Waals surface area (Å²) in [6, 6.07) is 6.98. The highest BCUT2D eigenvalue weighted by molar-refractivity contribution is 5.87. The molecule has 1 aliphatic heterocycles. The van der Waals surface area contributed by atoms with Crippen LogP contribution >= 0.6 is 0 Å². The van der Waals surface area contributed by atoms with Crippen LogP contribution in [0.4, 0.5) is 0 Å². The molecule has 0 aromatic heterocycles. The smallest absolute Gasteiger partial charge is 0.335 e. The maximum Gasteiger partial charge on any atom is 0.335 e. The van der Waals surface area contributed by atoms with Gasteiger partial charge < -0.3 is 10.0 Å². The lowest BCUT2D eigenvalue weighted by molar-refractivity contribution is -0.134. The van der Waals surface area contributed by atoms with Crippen molar-refractivity contribution in [2.45, 2.75) is 51.5 Å². The second-order valence-electron chi connectivity index (χ2n) is 5.70. The van der Waals surface area contributed by atoms with Gasteiger partial charge in [-0.1, -0.05) is 25.5 Å². The third-order valence-electron chi connectivity index (χ3n) is 4.13. The Morgan fingerprint density at radius 3 is 2.57 bits per heavy atom. The highest BCUT2D eigenvalue weighted by atomic mass is 16.4. The number of benzene rings is 1. The van der Waals surface area contributed by atoms with Gasteiger partial charge in [0.05, 0.1) is 12.0 Å². The van der Waals surface area contributed by atoms with Gasteiger partial charge in [0, 0.05) is 12.6 Å². The molecule has 0 spiro atoms. The van der Waals surface area contributed by atoms with E-state index >= 15 is 0 Å². The summed E-state index contributed by atoms with van der Waals surface area (Å²) in [5.41, 5.74) is 1.14. The van der Waals surface area contributed by atoms with Crippen LogP contribution in [0.15, 0.2) is 24.3 Å². The van der Waals surface area contributed by atoms with Crippen LogP contribution in [0.5, 0.6) is 0 Å². The molecule has 1 fully saturated rings. The average Bonchev–Trinajstić information content (AvgIpc) is 2.48. The van der Waals surface area contributed by atoms with E-state index < -0.39 is 5.97 Å². The van der Waals surface area contributed by atoms with E-state index in [4.69, 9.17) is 5.11 Å². The molecular weight excluding hydrogens is 266 g/mol. The topological polar surface area (TPSA) is 57.6 Å². The lowest BCUT2D eigenvalue weighted by Gasteiger charge is -2.36. The molecule has 0 radical (unpaired) electrons. The van der Waals surface area contributed by atoms with Gasteiger partial charge in [0.15, 0.2) is 0 Å². The Morgan fingerprint density at radius 1 is 1.24 bits per heavy atom. The summed E-state index contributed by atoms with van der Waals surface area (Å²) in [5, 5.41) is 8.88. The van der Waals surface area contributed by atoms with Crippen molar-refractivity contribution >= 4 is 11.9 Å². The molecule has 4 nitrogen and oxygen atoms in total. The van der Waals surface area contributed by atoms with Crippen LogP contribution in [0.3, 0.4) is 0 Å². The Morgan fingerprint density at radius 2 is 1.95 bits per heavy atom. The van der Waals surface area contributed by atoms with E-state index in [0.717, 1.165) is 37.8 Å². The summed E-state index contributed by atoms with van der Waals surface area (Å²) < 4.78 is 0. The summed E-state index contributed by atoms with van der Waals surface area (Å²) in [6.07, 6.45) is 5.94. The summed E-state index contributed by atoms with van der Waals surface area (Å²) >= 11 is 0.